The molecule has 0 aromatic carbocycles. The van der Waals surface area contributed by atoms with Crippen molar-refractivity contribution in [2.75, 3.05) is 0 Å². The van der Waals surface area contributed by atoms with Crippen LogP contribution in [0.4, 0.5) is 0 Å². The van der Waals surface area contributed by atoms with Crippen LogP contribution in [0.25, 0.3) is 6.08 Å². The number of allylic oxidation sites excluding steroid dienone is 2. The molecule has 0 saturated heterocycles. The molecule has 86 valence electrons. The van der Waals surface area contributed by atoms with Crippen molar-refractivity contribution in [2.45, 2.75) is 26.8 Å². The van der Waals surface area contributed by atoms with E-state index >= 15 is 0 Å². The summed E-state index contributed by atoms with van der Waals surface area (Å²) in [6, 6.07) is 4.08. The number of aryl methyl sites for hydroxylation is 1. The molecular formula is C13H18N2O. The lowest BCUT2D eigenvalue weighted by Crippen LogP contribution is -2.06. The molecule has 0 saturated carbocycles. The summed E-state index contributed by atoms with van der Waals surface area (Å²) >= 11 is 0. The predicted molar refractivity (Wildman–Crippen MR) is 66.9 cm³/mol. The number of carbonyl (C=O) groups is 1. The molecule has 1 heterocycles. The van der Waals surface area contributed by atoms with Gasteiger partial charge in [0.1, 0.15) is 0 Å². The maximum atomic E-state index is 10.7. The molecule has 0 spiro atoms. The third kappa shape index (κ3) is 3.12. The van der Waals surface area contributed by atoms with Gasteiger partial charge in [-0.2, -0.15) is 0 Å². The number of nitrogens with zero attached hydrogens (tertiary/aromatic N) is 1. The highest BCUT2D eigenvalue weighted by Crippen LogP contribution is 2.12. The minimum atomic E-state index is -0.420. The summed E-state index contributed by atoms with van der Waals surface area (Å²) < 4.78 is 2.17. The van der Waals surface area contributed by atoms with E-state index in [-0.39, 0.29) is 0 Å². The van der Waals surface area contributed by atoms with Gasteiger partial charge in [0, 0.05) is 24.0 Å². The lowest BCUT2D eigenvalue weighted by molar-refractivity contribution is -0.113. The molecule has 0 atom stereocenters. The summed E-state index contributed by atoms with van der Waals surface area (Å²) in [6.45, 7) is 4.93. The van der Waals surface area contributed by atoms with Gasteiger partial charge in [0.25, 0.3) is 0 Å². The first-order valence-electron chi connectivity index (χ1n) is 5.46. The first-order chi connectivity index (χ1) is 7.69. The third-order valence-electron chi connectivity index (χ3n) is 2.41. The van der Waals surface area contributed by atoms with Crippen molar-refractivity contribution in [2.24, 2.45) is 5.73 Å². The van der Waals surface area contributed by atoms with Gasteiger partial charge < -0.3 is 10.3 Å². The Kier molecular flexibility index (Phi) is 4.58. The summed E-state index contributed by atoms with van der Waals surface area (Å²) in [5.41, 5.74) is 7.34. The largest absolute Gasteiger partial charge is 0.366 e. The second kappa shape index (κ2) is 5.95. The van der Waals surface area contributed by atoms with Gasteiger partial charge in [0.15, 0.2) is 0 Å². The number of hydrogen-bond donors (Lipinski definition) is 1. The van der Waals surface area contributed by atoms with E-state index in [9.17, 15) is 4.79 Å². The van der Waals surface area contributed by atoms with Crippen molar-refractivity contribution in [1.82, 2.24) is 4.57 Å². The molecule has 0 bridgehead atoms. The van der Waals surface area contributed by atoms with Crippen LogP contribution in [0, 0.1) is 0 Å². The second-order valence-corrected chi connectivity index (χ2v) is 3.52. The summed E-state index contributed by atoms with van der Waals surface area (Å²) in [6.07, 6.45) is 8.22. The van der Waals surface area contributed by atoms with Crippen molar-refractivity contribution in [1.29, 1.82) is 0 Å². The van der Waals surface area contributed by atoms with Crippen LogP contribution >= 0.6 is 0 Å². The first kappa shape index (κ1) is 12.3. The molecule has 0 fully saturated rings. The maximum Gasteiger partial charge on any atom is 0.241 e. The molecule has 1 rings (SSSR count). The maximum absolute atomic E-state index is 10.7. The monoisotopic (exact) mass is 218 g/mol. The Morgan fingerprint density at radius 2 is 2.25 bits per heavy atom. The average Bonchev–Trinajstić information content (AvgIpc) is 2.65. The van der Waals surface area contributed by atoms with Crippen LogP contribution in [-0.4, -0.2) is 10.5 Å². The molecule has 1 amide bonds. The molecule has 0 aliphatic rings. The minimum absolute atomic E-state index is 0.420. The smallest absolute Gasteiger partial charge is 0.241 e. The van der Waals surface area contributed by atoms with Crippen LogP contribution in [0.15, 0.2) is 30.4 Å². The number of carbonyl (C=O) groups excluding carboxylic acids is 1. The summed E-state index contributed by atoms with van der Waals surface area (Å²) in [7, 11) is 0. The Morgan fingerprint density at radius 1 is 1.50 bits per heavy atom. The van der Waals surface area contributed by atoms with Gasteiger partial charge >= 0.3 is 0 Å². The van der Waals surface area contributed by atoms with Crippen molar-refractivity contribution in [3.8, 4) is 0 Å². The minimum Gasteiger partial charge on any atom is -0.366 e. The highest BCUT2D eigenvalue weighted by molar-refractivity contribution is 5.90. The molecule has 0 radical (unpaired) electrons. The Labute approximate surface area is 96.3 Å². The fourth-order valence-corrected chi connectivity index (χ4v) is 1.58. The van der Waals surface area contributed by atoms with Crippen LogP contribution in [0.1, 0.15) is 25.2 Å². The fourth-order valence-electron chi connectivity index (χ4n) is 1.58. The van der Waals surface area contributed by atoms with Crippen molar-refractivity contribution in [3.05, 3.63) is 41.7 Å². The second-order valence-electron chi connectivity index (χ2n) is 3.52. The molecule has 0 aliphatic heterocycles. The highest BCUT2D eigenvalue weighted by Gasteiger charge is 2.02. The van der Waals surface area contributed by atoms with E-state index in [1.807, 2.05) is 19.1 Å². The number of aromatic nitrogens is 1. The van der Waals surface area contributed by atoms with Crippen molar-refractivity contribution in [3.63, 3.8) is 0 Å². The third-order valence-corrected chi connectivity index (χ3v) is 2.41. The van der Waals surface area contributed by atoms with Gasteiger partial charge in [-0.1, -0.05) is 19.1 Å². The first-order valence-corrected chi connectivity index (χ1v) is 5.46. The van der Waals surface area contributed by atoms with Crippen LogP contribution < -0.4 is 5.73 Å². The molecule has 1 aromatic heterocycles. The molecule has 2 N–H and O–H groups in total. The van der Waals surface area contributed by atoms with Crippen LogP contribution in [-0.2, 0) is 17.8 Å². The molecule has 0 aliphatic carbocycles. The van der Waals surface area contributed by atoms with E-state index in [1.54, 1.807) is 6.08 Å². The zero-order valence-electron chi connectivity index (χ0n) is 9.81. The average molecular weight is 218 g/mol. The Morgan fingerprint density at radius 3 is 2.81 bits per heavy atom. The SMILES string of the molecule is C/C=C/Cn1c(/C=C/C(N)=O)ccc1CC. The number of hydrogen-bond acceptors (Lipinski definition) is 1. The van der Waals surface area contributed by atoms with Crippen LogP contribution in [0.5, 0.6) is 0 Å². The Bertz CT molecular complexity index is 414. The lowest BCUT2D eigenvalue weighted by atomic mass is 10.3. The van der Waals surface area contributed by atoms with Crippen molar-refractivity contribution >= 4 is 12.0 Å². The fraction of sp³-hybridized carbons (Fsp3) is 0.308. The summed E-state index contributed by atoms with van der Waals surface area (Å²) in [5.74, 6) is -0.420. The number of primary amides is 1. The molecule has 16 heavy (non-hydrogen) atoms. The zero-order valence-corrected chi connectivity index (χ0v) is 9.81. The van der Waals surface area contributed by atoms with E-state index in [0.717, 1.165) is 18.7 Å². The van der Waals surface area contributed by atoms with E-state index in [1.165, 1.54) is 11.8 Å². The summed E-state index contributed by atoms with van der Waals surface area (Å²) in [4.78, 5) is 10.7. The quantitative estimate of drug-likeness (QED) is 0.597. The number of rotatable bonds is 5. The predicted octanol–water partition coefficient (Wildman–Crippen LogP) is 2.13. The van der Waals surface area contributed by atoms with E-state index in [4.69, 9.17) is 5.73 Å². The lowest BCUT2D eigenvalue weighted by Gasteiger charge is -2.07. The van der Waals surface area contributed by atoms with Crippen molar-refractivity contribution < 1.29 is 4.79 Å². The Balaban J connectivity index is 2.99. The normalized spacial score (nSPS) is 11.6. The molecular weight excluding hydrogens is 200 g/mol. The molecule has 3 heteroatoms. The van der Waals surface area contributed by atoms with Gasteiger partial charge in [-0.05, 0) is 31.6 Å². The molecule has 1 aromatic rings. The topological polar surface area (TPSA) is 48.0 Å². The van der Waals surface area contributed by atoms with Gasteiger partial charge in [0.2, 0.25) is 5.91 Å². The van der Waals surface area contributed by atoms with E-state index < -0.39 is 5.91 Å². The van der Waals surface area contributed by atoms with E-state index in [2.05, 4.69) is 23.6 Å². The molecule has 3 nitrogen and oxygen atoms in total. The van der Waals surface area contributed by atoms with Gasteiger partial charge in [-0.15, -0.1) is 0 Å². The van der Waals surface area contributed by atoms with Gasteiger partial charge in [0.05, 0.1) is 0 Å². The zero-order chi connectivity index (χ0) is 12.0. The van der Waals surface area contributed by atoms with Crippen LogP contribution in [0.3, 0.4) is 0 Å². The van der Waals surface area contributed by atoms with Gasteiger partial charge in [-0.25, -0.2) is 0 Å². The van der Waals surface area contributed by atoms with E-state index in [0.29, 0.717) is 0 Å². The Hall–Kier alpha value is -1.77. The van der Waals surface area contributed by atoms with Gasteiger partial charge in [-0.3, -0.25) is 4.79 Å². The number of amides is 1. The summed E-state index contributed by atoms with van der Waals surface area (Å²) in [5, 5.41) is 0. The molecule has 0 unspecified atom stereocenters. The van der Waals surface area contributed by atoms with Crippen LogP contribution in [0.2, 0.25) is 0 Å². The highest BCUT2D eigenvalue weighted by atomic mass is 16.1. The number of nitrogens with two attached hydrogens (primary N) is 1. The standard InChI is InChI=1S/C13H18N2O/c1-3-5-10-15-11(4-2)6-7-12(15)8-9-13(14)16/h3,5-9H,4,10H2,1-2H3,(H2,14,16)/b5-3+,9-8+.